The predicted octanol–water partition coefficient (Wildman–Crippen LogP) is 2.97. The number of rotatable bonds is 8. The molecule has 6 heteroatoms. The van der Waals surface area contributed by atoms with Gasteiger partial charge < -0.3 is 15.8 Å². The first-order valence-corrected chi connectivity index (χ1v) is 7.64. The average molecular weight is 394 g/mol. The van der Waals surface area contributed by atoms with Crippen LogP contribution in [-0.2, 0) is 11.3 Å². The number of hydrogen-bond donors (Lipinski definition) is 2. The molecule has 0 bridgehead atoms. The van der Waals surface area contributed by atoms with Gasteiger partial charge in [0.25, 0.3) is 0 Å². The quantitative estimate of drug-likeness (QED) is 0.667. The van der Waals surface area contributed by atoms with Crippen LogP contribution in [0.4, 0.5) is 0 Å². The summed E-state index contributed by atoms with van der Waals surface area (Å²) in [6.07, 6.45) is 2.20. The van der Waals surface area contributed by atoms with E-state index in [4.69, 9.17) is 10.5 Å². The van der Waals surface area contributed by atoms with Gasteiger partial charge in [0.15, 0.2) is 0 Å². The molecule has 0 unspecified atom stereocenters. The number of nitrogens with two attached hydrogens (primary N) is 1. The Labute approximate surface area is 130 Å². The molecular weight excluding hydrogens is 376 g/mol. The first-order chi connectivity index (χ1) is 9.04. The van der Waals surface area contributed by atoms with Gasteiger partial charge in [0.2, 0.25) is 5.91 Å². The number of nitrogens with one attached hydrogen (secondary N) is 1. The standard InChI is InChI=1S/C13H18Br2N2O2/c1-19-13-9(6-10(14)7-11(13)15)8-17-5-3-2-4-12(16)18/h6-7,17H,2-5,8H2,1H3,(H2,16,18). The molecule has 3 N–H and O–H groups in total. The van der Waals surface area contributed by atoms with Crippen LogP contribution >= 0.6 is 31.9 Å². The number of primary amides is 1. The fourth-order valence-electron chi connectivity index (χ4n) is 1.75. The molecule has 0 aliphatic rings. The van der Waals surface area contributed by atoms with Gasteiger partial charge in [0.1, 0.15) is 5.75 Å². The molecule has 4 nitrogen and oxygen atoms in total. The van der Waals surface area contributed by atoms with Crippen molar-refractivity contribution in [3.05, 3.63) is 26.6 Å². The van der Waals surface area contributed by atoms with Gasteiger partial charge in [0, 0.05) is 23.0 Å². The lowest BCUT2D eigenvalue weighted by Gasteiger charge is -2.12. The summed E-state index contributed by atoms with van der Waals surface area (Å²) in [5.41, 5.74) is 6.17. The number of hydrogen-bond acceptors (Lipinski definition) is 3. The minimum absolute atomic E-state index is 0.238. The summed E-state index contributed by atoms with van der Waals surface area (Å²) in [5.74, 6) is 0.602. The lowest BCUT2D eigenvalue weighted by Crippen LogP contribution is -2.16. The number of amides is 1. The van der Waals surface area contributed by atoms with Gasteiger partial charge in [0.05, 0.1) is 11.6 Å². The number of methoxy groups -OCH3 is 1. The van der Waals surface area contributed by atoms with Gasteiger partial charge in [-0.05, 0) is 47.4 Å². The Hall–Kier alpha value is -0.590. The number of carbonyl (C=O) groups is 1. The highest BCUT2D eigenvalue weighted by molar-refractivity contribution is 9.11. The molecule has 1 aromatic carbocycles. The van der Waals surface area contributed by atoms with Gasteiger partial charge in [-0.25, -0.2) is 0 Å². The van der Waals surface area contributed by atoms with E-state index in [1.165, 1.54) is 0 Å². The summed E-state index contributed by atoms with van der Waals surface area (Å²) >= 11 is 6.94. The average Bonchev–Trinajstić information content (AvgIpc) is 2.32. The first kappa shape index (κ1) is 16.5. The van der Waals surface area contributed by atoms with E-state index in [-0.39, 0.29) is 5.91 Å². The normalized spacial score (nSPS) is 10.5. The molecule has 0 fully saturated rings. The molecule has 0 aliphatic carbocycles. The molecule has 0 atom stereocenters. The Kier molecular flexibility index (Phi) is 7.41. The first-order valence-electron chi connectivity index (χ1n) is 6.05. The minimum Gasteiger partial charge on any atom is -0.495 e. The minimum atomic E-state index is -0.238. The number of benzene rings is 1. The molecule has 1 rings (SSSR count). The second-order valence-corrected chi connectivity index (χ2v) is 5.95. The summed E-state index contributed by atoms with van der Waals surface area (Å²) in [5, 5.41) is 3.33. The van der Waals surface area contributed by atoms with Crippen LogP contribution in [0.1, 0.15) is 24.8 Å². The molecule has 1 aromatic rings. The smallest absolute Gasteiger partial charge is 0.217 e. The molecule has 0 radical (unpaired) electrons. The van der Waals surface area contributed by atoms with Crippen LogP contribution in [0.5, 0.6) is 5.75 Å². The van der Waals surface area contributed by atoms with Crippen LogP contribution in [0.3, 0.4) is 0 Å². The summed E-state index contributed by atoms with van der Waals surface area (Å²) in [6.45, 7) is 1.57. The number of ether oxygens (including phenoxy) is 1. The Bertz CT molecular complexity index is 439. The van der Waals surface area contributed by atoms with Gasteiger partial charge in [-0.3, -0.25) is 4.79 Å². The van der Waals surface area contributed by atoms with Crippen LogP contribution < -0.4 is 15.8 Å². The SMILES string of the molecule is COc1c(Br)cc(Br)cc1CNCCCCC(N)=O. The van der Waals surface area contributed by atoms with Gasteiger partial charge in [-0.2, -0.15) is 0 Å². The third-order valence-corrected chi connectivity index (χ3v) is 3.68. The zero-order valence-electron chi connectivity index (χ0n) is 10.8. The van der Waals surface area contributed by atoms with E-state index >= 15 is 0 Å². The number of halogens is 2. The van der Waals surface area contributed by atoms with Crippen molar-refractivity contribution in [1.29, 1.82) is 0 Å². The molecule has 0 aliphatic heterocycles. The molecule has 106 valence electrons. The molecule has 1 amide bonds. The molecular formula is C13H18Br2N2O2. The van der Waals surface area contributed by atoms with Gasteiger partial charge in [-0.15, -0.1) is 0 Å². The van der Waals surface area contributed by atoms with Crippen molar-refractivity contribution in [2.75, 3.05) is 13.7 Å². The topological polar surface area (TPSA) is 64.3 Å². The summed E-state index contributed by atoms with van der Waals surface area (Å²) in [6, 6.07) is 3.98. The van der Waals surface area contributed by atoms with E-state index < -0.39 is 0 Å². The molecule has 0 spiro atoms. The molecule has 0 saturated heterocycles. The van der Waals surface area contributed by atoms with Crippen molar-refractivity contribution in [3.63, 3.8) is 0 Å². The summed E-state index contributed by atoms with van der Waals surface area (Å²) in [4.78, 5) is 10.6. The summed E-state index contributed by atoms with van der Waals surface area (Å²) < 4.78 is 7.30. The molecule has 19 heavy (non-hydrogen) atoms. The maximum atomic E-state index is 10.6. The maximum absolute atomic E-state index is 10.6. The molecule has 0 saturated carbocycles. The van der Waals surface area contributed by atoms with Crippen LogP contribution in [0.25, 0.3) is 0 Å². The highest BCUT2D eigenvalue weighted by Gasteiger charge is 2.08. The Morgan fingerprint density at radius 1 is 1.37 bits per heavy atom. The lowest BCUT2D eigenvalue weighted by atomic mass is 10.2. The fraction of sp³-hybridized carbons (Fsp3) is 0.462. The van der Waals surface area contributed by atoms with Crippen molar-refractivity contribution >= 4 is 37.8 Å². The molecule has 0 aromatic heterocycles. The fourth-order valence-corrected chi connectivity index (χ4v) is 3.22. The third-order valence-electron chi connectivity index (χ3n) is 2.63. The highest BCUT2D eigenvalue weighted by Crippen LogP contribution is 2.32. The maximum Gasteiger partial charge on any atom is 0.217 e. The zero-order valence-corrected chi connectivity index (χ0v) is 14.0. The Balaban J connectivity index is 2.42. The summed E-state index contributed by atoms with van der Waals surface area (Å²) in [7, 11) is 1.66. The van der Waals surface area contributed by atoms with E-state index in [9.17, 15) is 4.79 Å². The van der Waals surface area contributed by atoms with Crippen molar-refractivity contribution in [2.45, 2.75) is 25.8 Å². The second-order valence-electron chi connectivity index (χ2n) is 4.18. The lowest BCUT2D eigenvalue weighted by molar-refractivity contribution is -0.118. The van der Waals surface area contributed by atoms with E-state index in [1.807, 2.05) is 12.1 Å². The highest BCUT2D eigenvalue weighted by atomic mass is 79.9. The predicted molar refractivity (Wildman–Crippen MR) is 83.1 cm³/mol. The van der Waals surface area contributed by atoms with Crippen LogP contribution in [-0.4, -0.2) is 19.6 Å². The van der Waals surface area contributed by atoms with Crippen LogP contribution in [0, 0.1) is 0 Å². The van der Waals surface area contributed by atoms with Crippen LogP contribution in [0.15, 0.2) is 21.1 Å². The number of unbranched alkanes of at least 4 members (excludes halogenated alkanes) is 1. The third kappa shape index (κ3) is 5.93. The van der Waals surface area contributed by atoms with Gasteiger partial charge >= 0.3 is 0 Å². The van der Waals surface area contributed by atoms with E-state index in [2.05, 4.69) is 37.2 Å². The van der Waals surface area contributed by atoms with Crippen molar-refractivity contribution in [3.8, 4) is 5.75 Å². The molecule has 0 heterocycles. The second kappa shape index (κ2) is 8.55. The van der Waals surface area contributed by atoms with Gasteiger partial charge in [-0.1, -0.05) is 15.9 Å². The monoisotopic (exact) mass is 392 g/mol. The Morgan fingerprint density at radius 2 is 2.11 bits per heavy atom. The Morgan fingerprint density at radius 3 is 2.74 bits per heavy atom. The van der Waals surface area contributed by atoms with Crippen molar-refractivity contribution < 1.29 is 9.53 Å². The van der Waals surface area contributed by atoms with E-state index in [0.29, 0.717) is 6.42 Å². The van der Waals surface area contributed by atoms with Crippen molar-refractivity contribution in [2.24, 2.45) is 5.73 Å². The van der Waals surface area contributed by atoms with E-state index in [1.54, 1.807) is 7.11 Å². The van der Waals surface area contributed by atoms with Crippen LogP contribution in [0.2, 0.25) is 0 Å². The van der Waals surface area contributed by atoms with Crippen molar-refractivity contribution in [1.82, 2.24) is 5.32 Å². The zero-order chi connectivity index (χ0) is 14.3. The van der Waals surface area contributed by atoms with E-state index in [0.717, 1.165) is 46.2 Å². The largest absolute Gasteiger partial charge is 0.495 e. The number of carbonyl (C=O) groups excluding carboxylic acids is 1.